The Balaban J connectivity index is 1.88. The van der Waals surface area contributed by atoms with Crippen molar-refractivity contribution in [1.29, 1.82) is 0 Å². The Morgan fingerprint density at radius 1 is 1.33 bits per heavy atom. The van der Waals surface area contributed by atoms with Crippen molar-refractivity contribution in [2.45, 2.75) is 18.9 Å². The van der Waals surface area contributed by atoms with Gasteiger partial charge >= 0.3 is 11.9 Å². The largest absolute Gasteiger partial charge is 0.497 e. The summed E-state index contributed by atoms with van der Waals surface area (Å²) >= 11 is 5.98. The third kappa shape index (κ3) is 5.21. The number of carboxylic acid groups (broad SMARTS) is 2. The van der Waals surface area contributed by atoms with E-state index in [2.05, 4.69) is 0 Å². The van der Waals surface area contributed by atoms with E-state index in [4.69, 9.17) is 26.5 Å². The zero-order valence-electron chi connectivity index (χ0n) is 16.9. The SMILES string of the molecule is COc1ccc(-c2ccc(/C=C3\SC(=S)N(C(CCC(=O)O)C(=O)O)C3=O)o2)c([N+](=O)[O-])c1. The van der Waals surface area contributed by atoms with E-state index in [-0.39, 0.29) is 38.4 Å². The molecule has 13 heteroatoms. The van der Waals surface area contributed by atoms with Crippen molar-refractivity contribution in [2.24, 2.45) is 0 Å². The van der Waals surface area contributed by atoms with Crippen molar-refractivity contribution in [3.8, 4) is 17.1 Å². The molecule has 2 aromatic rings. The third-order valence-corrected chi connectivity index (χ3v) is 5.95. The van der Waals surface area contributed by atoms with Crippen molar-refractivity contribution in [1.82, 2.24) is 4.90 Å². The molecule has 3 rings (SSSR count). The molecule has 11 nitrogen and oxygen atoms in total. The molecule has 172 valence electrons. The van der Waals surface area contributed by atoms with E-state index in [9.17, 15) is 29.6 Å². The van der Waals surface area contributed by atoms with Crippen LogP contribution in [-0.2, 0) is 14.4 Å². The van der Waals surface area contributed by atoms with Crippen LogP contribution in [0, 0.1) is 10.1 Å². The number of thiocarbonyl (C=S) groups is 1. The molecule has 1 unspecified atom stereocenters. The Labute approximate surface area is 195 Å². The quantitative estimate of drug-likeness (QED) is 0.228. The van der Waals surface area contributed by atoms with E-state index in [1.54, 1.807) is 6.07 Å². The third-order valence-electron chi connectivity index (χ3n) is 4.62. The van der Waals surface area contributed by atoms with Crippen LogP contribution in [0.4, 0.5) is 5.69 Å². The smallest absolute Gasteiger partial charge is 0.326 e. The number of methoxy groups -OCH3 is 1. The fraction of sp³-hybridized carbons (Fsp3) is 0.200. The van der Waals surface area contributed by atoms with Gasteiger partial charge in [0.05, 0.1) is 28.6 Å². The Hall–Kier alpha value is -3.71. The van der Waals surface area contributed by atoms with Crippen LogP contribution < -0.4 is 4.74 Å². The van der Waals surface area contributed by atoms with Gasteiger partial charge in [-0.1, -0.05) is 24.0 Å². The lowest BCUT2D eigenvalue weighted by atomic mass is 10.1. The Kier molecular flexibility index (Phi) is 7.13. The fourth-order valence-corrected chi connectivity index (χ4v) is 4.41. The molecular formula is C20H16N2O9S2. The second kappa shape index (κ2) is 9.83. The van der Waals surface area contributed by atoms with Crippen LogP contribution in [0.5, 0.6) is 5.75 Å². The van der Waals surface area contributed by atoms with E-state index in [0.29, 0.717) is 5.75 Å². The van der Waals surface area contributed by atoms with Gasteiger partial charge in [-0.2, -0.15) is 0 Å². The first kappa shape index (κ1) is 23.9. The number of thioether (sulfide) groups is 1. The summed E-state index contributed by atoms with van der Waals surface area (Å²) < 4.78 is 10.6. The number of carbonyl (C=O) groups is 3. The minimum Gasteiger partial charge on any atom is -0.497 e. The van der Waals surface area contributed by atoms with Gasteiger partial charge in [0, 0.05) is 12.5 Å². The summed E-state index contributed by atoms with van der Waals surface area (Å²) in [5.41, 5.74) is -0.0306. The van der Waals surface area contributed by atoms with Crippen molar-refractivity contribution < 1.29 is 38.7 Å². The van der Waals surface area contributed by atoms with Gasteiger partial charge in [-0.15, -0.1) is 0 Å². The number of ether oxygens (including phenoxy) is 1. The molecule has 33 heavy (non-hydrogen) atoms. The first-order valence-electron chi connectivity index (χ1n) is 9.26. The highest BCUT2D eigenvalue weighted by atomic mass is 32.2. The molecule has 2 heterocycles. The highest BCUT2D eigenvalue weighted by Crippen LogP contribution is 2.37. The van der Waals surface area contributed by atoms with E-state index < -0.39 is 35.2 Å². The van der Waals surface area contributed by atoms with Crippen molar-refractivity contribution in [2.75, 3.05) is 7.11 Å². The number of hydrogen-bond acceptors (Lipinski definition) is 9. The predicted molar refractivity (Wildman–Crippen MR) is 121 cm³/mol. The topological polar surface area (TPSA) is 160 Å². The number of rotatable bonds is 9. The van der Waals surface area contributed by atoms with Gasteiger partial charge in [-0.05, 0) is 30.7 Å². The molecule has 1 amide bonds. The maximum absolute atomic E-state index is 12.8. The molecule has 1 atom stereocenters. The average Bonchev–Trinajstić information content (AvgIpc) is 3.32. The van der Waals surface area contributed by atoms with E-state index in [1.165, 1.54) is 37.5 Å². The van der Waals surface area contributed by atoms with Gasteiger partial charge in [0.1, 0.15) is 27.6 Å². The summed E-state index contributed by atoms with van der Waals surface area (Å²) in [7, 11) is 1.39. The average molecular weight is 492 g/mol. The summed E-state index contributed by atoms with van der Waals surface area (Å²) in [4.78, 5) is 47.0. The van der Waals surface area contributed by atoms with Crippen LogP contribution in [0.25, 0.3) is 17.4 Å². The number of hydrogen-bond donors (Lipinski definition) is 2. The zero-order chi connectivity index (χ0) is 24.3. The lowest BCUT2D eigenvalue weighted by molar-refractivity contribution is -0.384. The maximum Gasteiger partial charge on any atom is 0.326 e. The van der Waals surface area contributed by atoms with Crippen LogP contribution in [0.15, 0.2) is 39.7 Å². The van der Waals surface area contributed by atoms with Crippen LogP contribution in [0.2, 0.25) is 0 Å². The minimum atomic E-state index is -1.42. The van der Waals surface area contributed by atoms with Crippen molar-refractivity contribution in [3.05, 3.63) is 51.1 Å². The number of nitro groups is 1. The standard InChI is InChI=1S/C20H16N2O9S2/c1-30-10-2-4-12(14(8-10)22(28)29)15-6-3-11(31-15)9-16-18(25)21(20(32)33-16)13(19(26)27)5-7-17(23)24/h2-4,6,8-9,13H,5,7H2,1H3,(H,23,24)(H,26,27)/b16-9-. The number of furan rings is 1. The molecule has 1 aliphatic rings. The predicted octanol–water partition coefficient (Wildman–Crippen LogP) is 3.38. The number of nitrogens with zero attached hydrogens (tertiary/aromatic N) is 2. The molecule has 0 bridgehead atoms. The summed E-state index contributed by atoms with van der Waals surface area (Å²) in [6.07, 6.45) is 0.583. The lowest BCUT2D eigenvalue weighted by Crippen LogP contribution is -2.44. The fourth-order valence-electron chi connectivity index (χ4n) is 3.07. The van der Waals surface area contributed by atoms with Crippen LogP contribution in [-0.4, -0.2) is 55.4 Å². The number of aliphatic carboxylic acids is 2. The summed E-state index contributed by atoms with van der Waals surface area (Å²) in [6.45, 7) is 0. The monoisotopic (exact) mass is 492 g/mol. The molecule has 2 N–H and O–H groups in total. The highest BCUT2D eigenvalue weighted by Gasteiger charge is 2.40. The molecular weight excluding hydrogens is 476 g/mol. The molecule has 1 aliphatic heterocycles. The first-order valence-corrected chi connectivity index (χ1v) is 10.5. The molecule has 1 aromatic carbocycles. The normalized spacial score (nSPS) is 15.7. The van der Waals surface area contributed by atoms with Crippen LogP contribution >= 0.6 is 24.0 Å². The number of amides is 1. The van der Waals surface area contributed by atoms with E-state index in [1.807, 2.05) is 0 Å². The molecule has 0 aliphatic carbocycles. The first-order chi connectivity index (χ1) is 15.6. The number of carboxylic acids is 2. The number of nitro benzene ring substituents is 1. The Bertz CT molecular complexity index is 1190. The van der Waals surface area contributed by atoms with Crippen LogP contribution in [0.3, 0.4) is 0 Å². The summed E-state index contributed by atoms with van der Waals surface area (Å²) in [5, 5.41) is 29.7. The van der Waals surface area contributed by atoms with Gasteiger partial charge in [0.15, 0.2) is 0 Å². The highest BCUT2D eigenvalue weighted by molar-refractivity contribution is 8.26. The number of benzene rings is 1. The lowest BCUT2D eigenvalue weighted by Gasteiger charge is -2.22. The van der Waals surface area contributed by atoms with Crippen molar-refractivity contribution >= 4 is 57.9 Å². The Morgan fingerprint density at radius 3 is 2.67 bits per heavy atom. The second-order valence-corrected chi connectivity index (χ2v) is 8.36. The van der Waals surface area contributed by atoms with E-state index in [0.717, 1.165) is 16.7 Å². The van der Waals surface area contributed by atoms with Gasteiger partial charge in [-0.3, -0.25) is 24.6 Å². The molecule has 0 spiro atoms. The summed E-state index contributed by atoms with van der Waals surface area (Å²) in [5.74, 6) is -2.60. The Morgan fingerprint density at radius 2 is 2.06 bits per heavy atom. The van der Waals surface area contributed by atoms with Gasteiger partial charge in [0.25, 0.3) is 11.6 Å². The zero-order valence-corrected chi connectivity index (χ0v) is 18.6. The van der Waals surface area contributed by atoms with Gasteiger partial charge in [-0.25, -0.2) is 4.79 Å². The molecule has 1 saturated heterocycles. The molecule has 1 fully saturated rings. The van der Waals surface area contributed by atoms with Crippen LogP contribution in [0.1, 0.15) is 18.6 Å². The summed E-state index contributed by atoms with van der Waals surface area (Å²) in [6, 6.07) is 5.83. The number of carbonyl (C=O) groups excluding carboxylic acids is 1. The molecule has 0 radical (unpaired) electrons. The van der Waals surface area contributed by atoms with Gasteiger partial charge < -0.3 is 19.4 Å². The minimum absolute atomic E-state index is 0.0263. The van der Waals surface area contributed by atoms with E-state index >= 15 is 0 Å². The van der Waals surface area contributed by atoms with Gasteiger partial charge in [0.2, 0.25) is 0 Å². The van der Waals surface area contributed by atoms with Crippen molar-refractivity contribution in [3.63, 3.8) is 0 Å². The molecule has 0 saturated carbocycles. The molecule has 1 aromatic heterocycles. The maximum atomic E-state index is 12.8. The second-order valence-electron chi connectivity index (χ2n) is 6.68.